The van der Waals surface area contributed by atoms with Gasteiger partial charge in [0.2, 0.25) is 5.91 Å². The van der Waals surface area contributed by atoms with E-state index in [2.05, 4.69) is 57.3 Å². The first kappa shape index (κ1) is 47.3. The van der Waals surface area contributed by atoms with Crippen molar-refractivity contribution in [2.75, 3.05) is 46.7 Å². The summed E-state index contributed by atoms with van der Waals surface area (Å²) in [6, 6.07) is 8.46. The number of rotatable bonds is 9. The SMILES string of the molecule is CSc1ncc(C#N)c(N(C(C)=O)C2CCC2)n1.CSc1ncc(C#N)c(N)n1.CSc1ncc(C#N)c(NC2CCC2)n1.CSc1ncc2c(N)cc(=O)n(C3CCC3)c2n1. The molecule has 3 fully saturated rings. The molecular formula is C40H46N16O2S4. The smallest absolute Gasteiger partial charge is 0.254 e. The Morgan fingerprint density at radius 2 is 1.24 bits per heavy atom. The van der Waals surface area contributed by atoms with E-state index in [1.165, 1.54) is 98.1 Å². The Hall–Kier alpha value is -5.73. The second-order valence-corrected chi connectivity index (χ2v) is 17.0. The van der Waals surface area contributed by atoms with E-state index in [0.29, 0.717) is 66.3 Å². The molecule has 0 unspecified atom stereocenters. The molecule has 8 rings (SSSR count). The van der Waals surface area contributed by atoms with Crippen LogP contribution in [-0.2, 0) is 4.79 Å². The quantitative estimate of drug-likeness (QED) is 0.105. The van der Waals surface area contributed by atoms with Crippen LogP contribution in [0.5, 0.6) is 0 Å². The molecule has 0 radical (unpaired) electrons. The number of nitriles is 3. The van der Waals surface area contributed by atoms with Crippen LogP contribution in [0.15, 0.2) is 56.3 Å². The van der Waals surface area contributed by atoms with E-state index in [4.69, 9.17) is 27.3 Å². The minimum atomic E-state index is -0.0676. The number of nitrogens with two attached hydrogens (primary N) is 2. The molecule has 18 nitrogen and oxygen atoms in total. The lowest BCUT2D eigenvalue weighted by atomic mass is 9.91. The molecule has 0 spiro atoms. The predicted molar refractivity (Wildman–Crippen MR) is 245 cm³/mol. The van der Waals surface area contributed by atoms with Crippen LogP contribution in [0.3, 0.4) is 0 Å². The van der Waals surface area contributed by atoms with Crippen LogP contribution < -0.4 is 27.2 Å². The highest BCUT2D eigenvalue weighted by atomic mass is 32.2. The van der Waals surface area contributed by atoms with E-state index in [9.17, 15) is 9.59 Å². The predicted octanol–water partition coefficient (Wildman–Crippen LogP) is 6.48. The molecule has 0 aliphatic heterocycles. The van der Waals surface area contributed by atoms with Crippen molar-refractivity contribution in [3.8, 4) is 18.2 Å². The number of nitrogens with one attached hydrogen (secondary N) is 1. The van der Waals surface area contributed by atoms with Crippen molar-refractivity contribution in [3.63, 3.8) is 0 Å². The van der Waals surface area contributed by atoms with Gasteiger partial charge in [-0.2, -0.15) is 15.8 Å². The third-order valence-electron chi connectivity index (χ3n) is 10.1. The van der Waals surface area contributed by atoms with Crippen LogP contribution in [-0.4, -0.2) is 87.5 Å². The summed E-state index contributed by atoms with van der Waals surface area (Å²) in [5.74, 6) is 1.31. The molecule has 3 aliphatic carbocycles. The number of fused-ring (bicyclic) bond motifs is 1. The summed E-state index contributed by atoms with van der Waals surface area (Å²) in [4.78, 5) is 58.7. The number of pyridine rings is 1. The number of thioether (sulfide) groups is 4. The van der Waals surface area contributed by atoms with Crippen molar-refractivity contribution in [2.45, 2.75) is 103 Å². The first-order chi connectivity index (χ1) is 30.0. The van der Waals surface area contributed by atoms with Gasteiger partial charge in [-0.15, -0.1) is 0 Å². The minimum absolute atomic E-state index is 0.0598. The summed E-state index contributed by atoms with van der Waals surface area (Å²) in [7, 11) is 0. The number of anilines is 4. The van der Waals surface area contributed by atoms with Crippen LogP contribution >= 0.6 is 47.0 Å². The fourth-order valence-corrected chi connectivity index (χ4v) is 7.49. The molecule has 5 N–H and O–H groups in total. The lowest BCUT2D eigenvalue weighted by molar-refractivity contribution is -0.117. The fraction of sp³-hybridized carbons (Fsp3) is 0.425. The second-order valence-electron chi connectivity index (χ2n) is 13.9. The van der Waals surface area contributed by atoms with Gasteiger partial charge < -0.3 is 16.8 Å². The molecule has 0 bridgehead atoms. The van der Waals surface area contributed by atoms with Crippen LogP contribution in [0.1, 0.15) is 87.4 Å². The van der Waals surface area contributed by atoms with Crippen molar-refractivity contribution in [3.05, 3.63) is 57.9 Å². The number of carbonyl (C=O) groups excluding carboxylic acids is 1. The van der Waals surface area contributed by atoms with Crippen LogP contribution in [0.2, 0.25) is 0 Å². The van der Waals surface area contributed by atoms with E-state index < -0.39 is 0 Å². The maximum absolute atomic E-state index is 12.1. The second kappa shape index (κ2) is 22.9. The Balaban J connectivity index is 0.000000159. The molecule has 5 aromatic rings. The summed E-state index contributed by atoms with van der Waals surface area (Å²) < 4.78 is 1.77. The zero-order valence-corrected chi connectivity index (χ0v) is 38.2. The topological polar surface area (TPSA) is 281 Å². The maximum atomic E-state index is 12.1. The molecule has 0 aromatic carbocycles. The zero-order chi connectivity index (χ0) is 44.8. The summed E-state index contributed by atoms with van der Waals surface area (Å²) in [5.41, 5.74) is 13.6. The van der Waals surface area contributed by atoms with Gasteiger partial charge in [-0.05, 0) is 82.8 Å². The summed E-state index contributed by atoms with van der Waals surface area (Å²) in [6.07, 6.45) is 23.7. The average molecular weight is 911 g/mol. The van der Waals surface area contributed by atoms with E-state index in [1.54, 1.807) is 21.9 Å². The molecule has 3 saturated carbocycles. The van der Waals surface area contributed by atoms with Crippen LogP contribution in [0, 0.1) is 34.0 Å². The fourth-order valence-electron chi connectivity index (χ4n) is 6.13. The number of carbonyl (C=O) groups is 1. The molecule has 3 aliphatic rings. The summed E-state index contributed by atoms with van der Waals surface area (Å²) >= 11 is 5.74. The normalized spacial score (nSPS) is 14.2. The average Bonchev–Trinajstić information content (AvgIpc) is 3.24. The lowest BCUT2D eigenvalue weighted by Crippen LogP contribution is -2.44. The summed E-state index contributed by atoms with van der Waals surface area (Å²) in [6.45, 7) is 1.51. The van der Waals surface area contributed by atoms with Gasteiger partial charge in [0.15, 0.2) is 26.4 Å². The number of aromatic nitrogens is 9. The van der Waals surface area contributed by atoms with Gasteiger partial charge in [0.1, 0.15) is 52.2 Å². The third-order valence-corrected chi connectivity index (χ3v) is 12.3. The summed E-state index contributed by atoms with van der Waals surface area (Å²) in [5, 5.41) is 33.1. The van der Waals surface area contributed by atoms with Gasteiger partial charge in [-0.25, -0.2) is 39.9 Å². The first-order valence-electron chi connectivity index (χ1n) is 19.5. The molecule has 1 amide bonds. The molecule has 322 valence electrons. The van der Waals surface area contributed by atoms with Gasteiger partial charge in [0.25, 0.3) is 5.56 Å². The van der Waals surface area contributed by atoms with Crippen molar-refractivity contribution >= 4 is 87.1 Å². The first-order valence-corrected chi connectivity index (χ1v) is 24.4. The minimum Gasteiger partial charge on any atom is -0.398 e. The zero-order valence-electron chi connectivity index (χ0n) is 34.9. The van der Waals surface area contributed by atoms with E-state index in [1.807, 2.05) is 31.1 Å². The van der Waals surface area contributed by atoms with Gasteiger partial charge in [-0.3, -0.25) is 19.1 Å². The third kappa shape index (κ3) is 11.8. The standard InChI is InChI=1S/2C12H14N4OS.C10H12N4S.C6H6N4S/c1-18-12-14-6-8-9(13)5-10(17)16(11(8)15-12)7-3-2-4-7;1-8(17)16(10-4-3-5-10)11-9(6-13)7-14-12(15-11)18-2;1-15-10-12-6-7(5-11)9(14-10)13-8-3-2-4-8;1-11-6-9-3-4(2-7)5(8)10-6/h5-7H,2-4,13H2,1H3;7,10H,3-5H2,1-2H3;6,8H,2-4H2,1H3,(H,12,13,14);3H,1H3,(H2,8,9,10). The van der Waals surface area contributed by atoms with Crippen molar-refractivity contribution in [2.24, 2.45) is 0 Å². The van der Waals surface area contributed by atoms with Gasteiger partial charge in [0, 0.05) is 43.0 Å². The number of amides is 1. The van der Waals surface area contributed by atoms with Gasteiger partial charge >= 0.3 is 0 Å². The molecule has 0 saturated heterocycles. The van der Waals surface area contributed by atoms with Crippen LogP contribution in [0.25, 0.3) is 11.0 Å². The van der Waals surface area contributed by atoms with Gasteiger partial charge in [-0.1, -0.05) is 47.0 Å². The molecule has 5 heterocycles. The molecule has 22 heteroatoms. The maximum Gasteiger partial charge on any atom is 0.254 e. The highest BCUT2D eigenvalue weighted by molar-refractivity contribution is 7.99. The molecule has 62 heavy (non-hydrogen) atoms. The van der Waals surface area contributed by atoms with Crippen molar-refractivity contribution in [1.29, 1.82) is 15.8 Å². The van der Waals surface area contributed by atoms with E-state index in [0.717, 1.165) is 37.5 Å². The monoisotopic (exact) mass is 910 g/mol. The lowest BCUT2D eigenvalue weighted by Gasteiger charge is -2.36. The van der Waals surface area contributed by atoms with E-state index in [-0.39, 0.29) is 29.4 Å². The molecule has 0 atom stereocenters. The number of nitrogen functional groups attached to an aromatic ring is 2. The van der Waals surface area contributed by atoms with Crippen LogP contribution in [0.4, 0.5) is 23.1 Å². The Morgan fingerprint density at radius 1 is 0.726 bits per heavy atom. The number of hydrogen-bond donors (Lipinski definition) is 3. The highest BCUT2D eigenvalue weighted by Gasteiger charge is 2.31. The Labute approximate surface area is 376 Å². The number of nitrogens with zero attached hydrogens (tertiary/aromatic N) is 13. The Morgan fingerprint density at radius 3 is 1.73 bits per heavy atom. The van der Waals surface area contributed by atoms with Crippen molar-refractivity contribution in [1.82, 2.24) is 44.4 Å². The van der Waals surface area contributed by atoms with Gasteiger partial charge in [0.05, 0.1) is 24.0 Å². The van der Waals surface area contributed by atoms with Crippen molar-refractivity contribution < 1.29 is 4.79 Å². The molecular weight excluding hydrogens is 865 g/mol. The Bertz CT molecular complexity index is 2560. The van der Waals surface area contributed by atoms with E-state index >= 15 is 0 Å². The highest BCUT2D eigenvalue weighted by Crippen LogP contribution is 2.34. The molecule has 5 aromatic heterocycles. The largest absolute Gasteiger partial charge is 0.398 e. The number of hydrogen-bond acceptors (Lipinski definition) is 20. The Kier molecular flexibility index (Phi) is 17.5.